The average molecular weight is 512 g/mol. The standard InChI is InChI=1S/C23H36N4O.HI/c1-17(27(3)16-18-8-5-4-6-9-18)10-14-25-22(24-2)26-20-19-11-15-28-21(19)23(20)12-7-13-23;/h4-6,8-9,17,19-21H,7,10-16H2,1-3H3,(H2,24,25,26);1H. The molecule has 5 nitrogen and oxygen atoms in total. The van der Waals surface area contributed by atoms with Crippen LogP contribution in [-0.2, 0) is 11.3 Å². The van der Waals surface area contributed by atoms with E-state index in [0.29, 0.717) is 29.5 Å². The zero-order valence-electron chi connectivity index (χ0n) is 18.1. The number of guanidine groups is 1. The van der Waals surface area contributed by atoms with Crippen molar-refractivity contribution in [3.8, 4) is 0 Å². The van der Waals surface area contributed by atoms with Gasteiger partial charge in [-0.25, -0.2) is 0 Å². The molecule has 2 aliphatic carbocycles. The monoisotopic (exact) mass is 512 g/mol. The van der Waals surface area contributed by atoms with Crippen LogP contribution in [-0.4, -0.2) is 56.3 Å². The molecule has 29 heavy (non-hydrogen) atoms. The van der Waals surface area contributed by atoms with Gasteiger partial charge in [-0.15, -0.1) is 24.0 Å². The van der Waals surface area contributed by atoms with Crippen LogP contribution in [0.3, 0.4) is 0 Å². The van der Waals surface area contributed by atoms with Gasteiger partial charge in [0.1, 0.15) is 0 Å². The van der Waals surface area contributed by atoms with Crippen LogP contribution in [0.1, 0.15) is 44.6 Å². The number of aliphatic imine (C=N–C) groups is 1. The molecule has 2 saturated carbocycles. The first-order valence-electron chi connectivity index (χ1n) is 11.0. The summed E-state index contributed by atoms with van der Waals surface area (Å²) in [5.74, 6) is 1.63. The summed E-state index contributed by atoms with van der Waals surface area (Å²) in [7, 11) is 4.09. The van der Waals surface area contributed by atoms with Gasteiger partial charge < -0.3 is 15.4 Å². The lowest BCUT2D eigenvalue weighted by molar-refractivity contribution is -0.171. The molecule has 1 aromatic rings. The van der Waals surface area contributed by atoms with Crippen molar-refractivity contribution < 1.29 is 4.74 Å². The molecule has 1 heterocycles. The topological polar surface area (TPSA) is 48.9 Å². The first-order chi connectivity index (χ1) is 13.6. The van der Waals surface area contributed by atoms with E-state index >= 15 is 0 Å². The fraction of sp³-hybridized carbons (Fsp3) is 0.696. The second-order valence-electron chi connectivity index (χ2n) is 8.99. The van der Waals surface area contributed by atoms with E-state index in [-0.39, 0.29) is 24.0 Å². The SMILES string of the molecule is CN=C(NCCC(C)N(C)Cc1ccccc1)NC1C2CCOC2C12CCC2.I. The maximum Gasteiger partial charge on any atom is 0.191 e. The van der Waals surface area contributed by atoms with Crippen LogP contribution in [0.5, 0.6) is 0 Å². The first kappa shape index (κ1) is 22.8. The average Bonchev–Trinajstić information content (AvgIpc) is 3.08. The van der Waals surface area contributed by atoms with Gasteiger partial charge >= 0.3 is 0 Å². The lowest BCUT2D eigenvalue weighted by Crippen LogP contribution is -2.72. The van der Waals surface area contributed by atoms with Gasteiger partial charge in [-0.05, 0) is 45.2 Å². The molecule has 162 valence electrons. The molecule has 0 aromatic heterocycles. The van der Waals surface area contributed by atoms with Crippen molar-refractivity contribution in [1.82, 2.24) is 15.5 Å². The van der Waals surface area contributed by atoms with Crippen LogP contribution in [0.4, 0.5) is 0 Å². The molecule has 0 amide bonds. The highest BCUT2D eigenvalue weighted by atomic mass is 127. The number of hydrogen-bond donors (Lipinski definition) is 2. The largest absolute Gasteiger partial charge is 0.377 e. The molecule has 4 unspecified atom stereocenters. The number of hydrogen-bond acceptors (Lipinski definition) is 3. The summed E-state index contributed by atoms with van der Waals surface area (Å²) in [6.45, 7) is 5.16. The number of benzene rings is 1. The van der Waals surface area contributed by atoms with Gasteiger partial charge in [0.15, 0.2) is 5.96 Å². The number of ether oxygens (including phenoxy) is 1. The number of nitrogens with zero attached hydrogens (tertiary/aromatic N) is 2. The number of rotatable bonds is 7. The Bertz CT molecular complexity index is 679. The number of halogens is 1. The second kappa shape index (κ2) is 9.96. The van der Waals surface area contributed by atoms with Gasteiger partial charge in [-0.2, -0.15) is 0 Å². The molecule has 1 aromatic carbocycles. The van der Waals surface area contributed by atoms with E-state index in [1.165, 1.54) is 31.2 Å². The van der Waals surface area contributed by atoms with Gasteiger partial charge in [0.25, 0.3) is 0 Å². The fourth-order valence-corrected chi connectivity index (χ4v) is 5.44. The van der Waals surface area contributed by atoms with E-state index in [9.17, 15) is 0 Å². The summed E-state index contributed by atoms with van der Waals surface area (Å²) in [4.78, 5) is 6.92. The molecule has 1 saturated heterocycles. The third-order valence-corrected chi connectivity index (χ3v) is 7.43. The van der Waals surface area contributed by atoms with Gasteiger partial charge in [0, 0.05) is 50.2 Å². The minimum absolute atomic E-state index is 0. The van der Waals surface area contributed by atoms with Crippen LogP contribution >= 0.6 is 24.0 Å². The zero-order valence-corrected chi connectivity index (χ0v) is 20.4. The summed E-state index contributed by atoms with van der Waals surface area (Å²) >= 11 is 0. The Hall–Kier alpha value is -0.860. The quantitative estimate of drug-likeness (QED) is 0.333. The highest BCUT2D eigenvalue weighted by Gasteiger charge is 2.66. The Kier molecular flexibility index (Phi) is 7.84. The Labute approximate surface area is 193 Å². The van der Waals surface area contributed by atoms with E-state index in [4.69, 9.17) is 4.74 Å². The van der Waals surface area contributed by atoms with Crippen molar-refractivity contribution >= 4 is 29.9 Å². The van der Waals surface area contributed by atoms with Crippen molar-refractivity contribution in [3.63, 3.8) is 0 Å². The van der Waals surface area contributed by atoms with Crippen molar-refractivity contribution in [2.24, 2.45) is 16.3 Å². The van der Waals surface area contributed by atoms with E-state index in [1.807, 2.05) is 7.05 Å². The molecule has 4 rings (SSSR count). The Balaban J connectivity index is 0.00000240. The summed E-state index contributed by atoms with van der Waals surface area (Å²) < 4.78 is 6.04. The van der Waals surface area contributed by atoms with Gasteiger partial charge in [0.05, 0.1) is 6.10 Å². The molecule has 3 fully saturated rings. The predicted molar refractivity (Wildman–Crippen MR) is 130 cm³/mol. The van der Waals surface area contributed by atoms with E-state index < -0.39 is 0 Å². The van der Waals surface area contributed by atoms with Crippen molar-refractivity contribution in [2.75, 3.05) is 27.2 Å². The van der Waals surface area contributed by atoms with E-state index in [1.54, 1.807) is 0 Å². The molecule has 1 aliphatic heterocycles. The second-order valence-corrected chi connectivity index (χ2v) is 8.99. The summed E-state index contributed by atoms with van der Waals surface area (Å²) in [5, 5.41) is 7.31. The lowest BCUT2D eigenvalue weighted by Gasteiger charge is -2.63. The fourth-order valence-electron chi connectivity index (χ4n) is 5.44. The Morgan fingerprint density at radius 1 is 1.31 bits per heavy atom. The lowest BCUT2D eigenvalue weighted by atomic mass is 9.46. The Morgan fingerprint density at radius 2 is 2.07 bits per heavy atom. The maximum atomic E-state index is 6.04. The van der Waals surface area contributed by atoms with Crippen molar-refractivity contribution in [3.05, 3.63) is 35.9 Å². The summed E-state index contributed by atoms with van der Waals surface area (Å²) in [6.07, 6.45) is 6.76. The summed E-state index contributed by atoms with van der Waals surface area (Å²) in [6, 6.07) is 11.7. The predicted octanol–water partition coefficient (Wildman–Crippen LogP) is 3.64. The van der Waals surface area contributed by atoms with Crippen molar-refractivity contribution in [2.45, 2.75) is 63.8 Å². The number of nitrogens with one attached hydrogen (secondary N) is 2. The van der Waals surface area contributed by atoms with Crippen LogP contribution in [0, 0.1) is 11.3 Å². The van der Waals surface area contributed by atoms with Crippen LogP contribution in [0.2, 0.25) is 0 Å². The maximum absolute atomic E-state index is 6.04. The third kappa shape index (κ3) is 4.59. The molecule has 3 aliphatic rings. The summed E-state index contributed by atoms with van der Waals surface area (Å²) in [5.41, 5.74) is 1.76. The van der Waals surface area contributed by atoms with Crippen molar-refractivity contribution in [1.29, 1.82) is 0 Å². The molecular weight excluding hydrogens is 475 g/mol. The first-order valence-corrected chi connectivity index (χ1v) is 11.0. The molecular formula is C23H37IN4O. The van der Waals surface area contributed by atoms with Gasteiger partial charge in [-0.3, -0.25) is 9.89 Å². The molecule has 1 spiro atoms. The van der Waals surface area contributed by atoms with Crippen LogP contribution < -0.4 is 10.6 Å². The third-order valence-electron chi connectivity index (χ3n) is 7.43. The van der Waals surface area contributed by atoms with E-state index in [2.05, 4.69) is 64.8 Å². The highest BCUT2D eigenvalue weighted by Crippen LogP contribution is 2.62. The van der Waals surface area contributed by atoms with Gasteiger partial charge in [0.2, 0.25) is 0 Å². The Morgan fingerprint density at radius 3 is 2.72 bits per heavy atom. The normalized spacial score (nSPS) is 28.1. The minimum atomic E-state index is 0. The number of fused-ring (bicyclic) bond motifs is 2. The molecule has 0 radical (unpaired) electrons. The molecule has 6 heteroatoms. The molecule has 0 bridgehead atoms. The molecule has 2 N–H and O–H groups in total. The van der Waals surface area contributed by atoms with Crippen LogP contribution in [0.15, 0.2) is 35.3 Å². The minimum Gasteiger partial charge on any atom is -0.377 e. The van der Waals surface area contributed by atoms with E-state index in [0.717, 1.165) is 32.1 Å². The zero-order chi connectivity index (χ0) is 19.6. The molecule has 4 atom stereocenters. The highest BCUT2D eigenvalue weighted by molar-refractivity contribution is 14.0. The van der Waals surface area contributed by atoms with Crippen LogP contribution in [0.25, 0.3) is 0 Å². The van der Waals surface area contributed by atoms with Gasteiger partial charge in [-0.1, -0.05) is 36.8 Å². The smallest absolute Gasteiger partial charge is 0.191 e.